The van der Waals surface area contributed by atoms with E-state index in [-0.39, 0.29) is 23.4 Å². The molecule has 0 saturated carbocycles. The van der Waals surface area contributed by atoms with Crippen LogP contribution in [0.1, 0.15) is 39.2 Å². The summed E-state index contributed by atoms with van der Waals surface area (Å²) in [5.41, 5.74) is 1.05. The molecule has 4 nitrogen and oxygen atoms in total. The third-order valence-electron chi connectivity index (χ3n) is 2.93. The van der Waals surface area contributed by atoms with E-state index >= 15 is 0 Å². The van der Waals surface area contributed by atoms with E-state index in [9.17, 15) is 22.8 Å². The van der Waals surface area contributed by atoms with E-state index in [0.29, 0.717) is 11.3 Å². The zero-order valence-corrected chi connectivity index (χ0v) is 12.8. The second-order valence-corrected chi connectivity index (χ2v) is 5.59. The minimum atomic E-state index is -4.96. The molecule has 0 aliphatic rings. The Balaban J connectivity index is 3.09. The number of benzene rings is 1. The van der Waals surface area contributed by atoms with Gasteiger partial charge in [-0.3, -0.25) is 9.59 Å². The molecule has 0 heterocycles. The maximum absolute atomic E-state index is 12.3. The predicted molar refractivity (Wildman–Crippen MR) is 78.7 cm³/mol. The van der Waals surface area contributed by atoms with Gasteiger partial charge in [0, 0.05) is 17.3 Å². The number of nitrogens with one attached hydrogen (secondary N) is 2. The van der Waals surface area contributed by atoms with Gasteiger partial charge in [0.2, 0.25) is 5.91 Å². The minimum absolute atomic E-state index is 0.00687. The number of amides is 2. The van der Waals surface area contributed by atoms with Crippen molar-refractivity contribution in [2.75, 3.05) is 10.6 Å². The molecule has 0 spiro atoms. The van der Waals surface area contributed by atoms with Crippen LogP contribution in [0.3, 0.4) is 0 Å². The SMILES string of the molecule is CC(C)C(=O)Nc1cc(NC(=O)C(F)(F)F)cc(C(C)C)c1. The summed E-state index contributed by atoms with van der Waals surface area (Å²) in [6, 6.07) is 4.43. The standard InChI is InChI=1S/C15H19F3N2O2/c1-8(2)10-5-11(19-13(21)9(3)4)7-12(6-10)20-14(22)15(16,17)18/h5-9H,1-4H3,(H,19,21)(H,20,22). The lowest BCUT2D eigenvalue weighted by atomic mass is 10.0. The molecule has 0 bridgehead atoms. The normalized spacial score (nSPS) is 11.7. The minimum Gasteiger partial charge on any atom is -0.326 e. The van der Waals surface area contributed by atoms with Crippen molar-refractivity contribution in [3.63, 3.8) is 0 Å². The first-order chi connectivity index (χ1) is 10.0. The van der Waals surface area contributed by atoms with E-state index in [1.165, 1.54) is 12.1 Å². The van der Waals surface area contributed by atoms with Crippen LogP contribution in [0.4, 0.5) is 24.5 Å². The first-order valence-electron chi connectivity index (χ1n) is 6.84. The summed E-state index contributed by atoms with van der Waals surface area (Å²) in [6.45, 7) is 7.12. The average molecular weight is 316 g/mol. The van der Waals surface area contributed by atoms with Crippen LogP contribution in [-0.4, -0.2) is 18.0 Å². The van der Waals surface area contributed by atoms with Crippen molar-refractivity contribution in [2.45, 2.75) is 39.8 Å². The Labute approximate surface area is 127 Å². The molecule has 1 rings (SSSR count). The second kappa shape index (κ2) is 6.81. The average Bonchev–Trinajstić information content (AvgIpc) is 2.36. The number of halogens is 3. The van der Waals surface area contributed by atoms with Gasteiger partial charge in [0.1, 0.15) is 0 Å². The van der Waals surface area contributed by atoms with Crippen LogP contribution in [0.5, 0.6) is 0 Å². The molecule has 2 amide bonds. The van der Waals surface area contributed by atoms with Gasteiger partial charge in [-0.2, -0.15) is 13.2 Å². The van der Waals surface area contributed by atoms with Crippen LogP contribution in [0.15, 0.2) is 18.2 Å². The van der Waals surface area contributed by atoms with Crippen molar-refractivity contribution in [1.82, 2.24) is 0 Å². The van der Waals surface area contributed by atoms with E-state index in [0.717, 1.165) is 0 Å². The van der Waals surface area contributed by atoms with Gasteiger partial charge in [-0.1, -0.05) is 27.7 Å². The summed E-state index contributed by atoms with van der Waals surface area (Å²) in [4.78, 5) is 22.7. The van der Waals surface area contributed by atoms with Crippen LogP contribution in [0.2, 0.25) is 0 Å². The first-order valence-corrected chi connectivity index (χ1v) is 6.84. The summed E-state index contributed by atoms with van der Waals surface area (Å²) in [5.74, 6) is -2.54. The Hall–Kier alpha value is -2.05. The molecule has 22 heavy (non-hydrogen) atoms. The van der Waals surface area contributed by atoms with E-state index in [1.807, 2.05) is 13.8 Å². The molecule has 2 N–H and O–H groups in total. The Bertz CT molecular complexity index is 566. The topological polar surface area (TPSA) is 58.2 Å². The van der Waals surface area contributed by atoms with Crippen molar-refractivity contribution in [3.8, 4) is 0 Å². The van der Waals surface area contributed by atoms with Gasteiger partial charge in [0.05, 0.1) is 0 Å². The predicted octanol–water partition coefficient (Wildman–Crippen LogP) is 3.91. The Morgan fingerprint density at radius 3 is 1.86 bits per heavy atom. The highest BCUT2D eigenvalue weighted by molar-refractivity contribution is 5.97. The molecule has 0 atom stereocenters. The summed E-state index contributed by atoms with van der Waals surface area (Å²) >= 11 is 0. The second-order valence-electron chi connectivity index (χ2n) is 5.59. The quantitative estimate of drug-likeness (QED) is 0.885. The molecule has 0 unspecified atom stereocenters. The highest BCUT2D eigenvalue weighted by Crippen LogP contribution is 2.26. The molecule has 122 valence electrons. The van der Waals surface area contributed by atoms with E-state index in [4.69, 9.17) is 0 Å². The van der Waals surface area contributed by atoms with Gasteiger partial charge in [-0.15, -0.1) is 0 Å². The Kier molecular flexibility index (Phi) is 5.57. The molecular weight excluding hydrogens is 297 g/mol. The summed E-state index contributed by atoms with van der Waals surface area (Å²) in [6.07, 6.45) is -4.96. The van der Waals surface area contributed by atoms with Crippen molar-refractivity contribution < 1.29 is 22.8 Å². The summed E-state index contributed by atoms with van der Waals surface area (Å²) in [7, 11) is 0. The molecule has 0 fully saturated rings. The molecular formula is C15H19F3N2O2. The number of hydrogen-bond acceptors (Lipinski definition) is 2. The molecule has 1 aromatic rings. The maximum atomic E-state index is 12.3. The van der Waals surface area contributed by atoms with Gasteiger partial charge >= 0.3 is 12.1 Å². The van der Waals surface area contributed by atoms with Gasteiger partial charge in [-0.25, -0.2) is 0 Å². The number of alkyl halides is 3. The number of carbonyl (C=O) groups is 2. The van der Waals surface area contributed by atoms with Gasteiger partial charge in [0.25, 0.3) is 0 Å². The summed E-state index contributed by atoms with van der Waals surface area (Å²) < 4.78 is 37.0. The largest absolute Gasteiger partial charge is 0.471 e. The van der Waals surface area contributed by atoms with E-state index in [1.54, 1.807) is 25.2 Å². The molecule has 0 aromatic heterocycles. The van der Waals surface area contributed by atoms with Gasteiger partial charge < -0.3 is 10.6 Å². The monoisotopic (exact) mass is 316 g/mol. The first kappa shape index (κ1) is 18.0. The van der Waals surface area contributed by atoms with Gasteiger partial charge in [0.15, 0.2) is 0 Å². The molecule has 7 heteroatoms. The van der Waals surface area contributed by atoms with Crippen LogP contribution >= 0.6 is 0 Å². The van der Waals surface area contributed by atoms with E-state index < -0.39 is 12.1 Å². The number of hydrogen-bond donors (Lipinski definition) is 2. The molecule has 0 aliphatic heterocycles. The van der Waals surface area contributed by atoms with Crippen molar-refractivity contribution in [1.29, 1.82) is 0 Å². The highest BCUT2D eigenvalue weighted by atomic mass is 19.4. The number of rotatable bonds is 4. The fourth-order valence-corrected chi connectivity index (χ4v) is 1.62. The van der Waals surface area contributed by atoms with Gasteiger partial charge in [-0.05, 0) is 29.7 Å². The van der Waals surface area contributed by atoms with Crippen LogP contribution in [0.25, 0.3) is 0 Å². The Morgan fingerprint density at radius 2 is 1.45 bits per heavy atom. The zero-order valence-electron chi connectivity index (χ0n) is 12.8. The molecule has 1 aromatic carbocycles. The van der Waals surface area contributed by atoms with Crippen molar-refractivity contribution in [3.05, 3.63) is 23.8 Å². The maximum Gasteiger partial charge on any atom is 0.471 e. The summed E-state index contributed by atoms with van der Waals surface area (Å²) in [5, 5.41) is 4.42. The zero-order chi connectivity index (χ0) is 17.1. The lowest BCUT2D eigenvalue weighted by Crippen LogP contribution is -2.30. The third-order valence-corrected chi connectivity index (χ3v) is 2.93. The lowest BCUT2D eigenvalue weighted by Gasteiger charge is -2.15. The van der Waals surface area contributed by atoms with Crippen LogP contribution < -0.4 is 10.6 Å². The number of carbonyl (C=O) groups excluding carboxylic acids is 2. The fourth-order valence-electron chi connectivity index (χ4n) is 1.62. The third kappa shape index (κ3) is 5.05. The Morgan fingerprint density at radius 1 is 0.955 bits per heavy atom. The van der Waals surface area contributed by atoms with Crippen LogP contribution in [0, 0.1) is 5.92 Å². The lowest BCUT2D eigenvalue weighted by molar-refractivity contribution is -0.167. The van der Waals surface area contributed by atoms with Crippen molar-refractivity contribution in [2.24, 2.45) is 5.92 Å². The molecule has 0 radical (unpaired) electrons. The van der Waals surface area contributed by atoms with Crippen molar-refractivity contribution >= 4 is 23.2 Å². The molecule has 0 saturated heterocycles. The molecule has 0 aliphatic carbocycles. The van der Waals surface area contributed by atoms with E-state index in [2.05, 4.69) is 5.32 Å². The smallest absolute Gasteiger partial charge is 0.326 e. The fraction of sp³-hybridized carbons (Fsp3) is 0.467. The van der Waals surface area contributed by atoms with Crippen LogP contribution in [-0.2, 0) is 9.59 Å². The number of anilines is 2. The highest BCUT2D eigenvalue weighted by Gasteiger charge is 2.38.